The maximum atomic E-state index is 12.5. The largest absolute Gasteiger partial charge is 0.395 e. The van der Waals surface area contributed by atoms with Crippen molar-refractivity contribution in [3.05, 3.63) is 11.4 Å². The number of anilines is 1. The lowest BCUT2D eigenvalue weighted by Gasteiger charge is -2.31. The lowest BCUT2D eigenvalue weighted by Crippen LogP contribution is -2.43. The smallest absolute Gasteiger partial charge is 0.274 e. The van der Waals surface area contributed by atoms with E-state index >= 15 is 0 Å². The number of nitrogen functional groups attached to an aromatic ring is 1. The van der Waals surface area contributed by atoms with Gasteiger partial charge in [-0.3, -0.25) is 9.48 Å². The van der Waals surface area contributed by atoms with Crippen molar-refractivity contribution in [2.75, 3.05) is 12.3 Å². The number of carbonyl (C=O) groups excluding carboxylic acids is 1. The lowest BCUT2D eigenvalue weighted by atomic mass is 10.0. The predicted molar refractivity (Wildman–Crippen MR) is 66.7 cm³/mol. The minimum Gasteiger partial charge on any atom is -0.395 e. The summed E-state index contributed by atoms with van der Waals surface area (Å²) in [5, 5.41) is 4.20. The van der Waals surface area contributed by atoms with Gasteiger partial charge in [-0.25, -0.2) is 0 Å². The maximum absolute atomic E-state index is 12.5. The van der Waals surface area contributed by atoms with E-state index in [9.17, 15) is 4.79 Å². The first kappa shape index (κ1) is 12.0. The third-order valence-electron chi connectivity index (χ3n) is 3.62. The number of aryl methyl sites for hydroxylation is 2. The maximum Gasteiger partial charge on any atom is 0.274 e. The van der Waals surface area contributed by atoms with E-state index in [0.29, 0.717) is 17.1 Å². The summed E-state index contributed by atoms with van der Waals surface area (Å²) in [5.41, 5.74) is 7.58. The fourth-order valence-electron chi connectivity index (χ4n) is 2.54. The van der Waals surface area contributed by atoms with Gasteiger partial charge in [-0.1, -0.05) is 0 Å². The van der Waals surface area contributed by atoms with E-state index in [1.807, 2.05) is 11.8 Å². The average molecular weight is 236 g/mol. The second-order valence-electron chi connectivity index (χ2n) is 5.34. The summed E-state index contributed by atoms with van der Waals surface area (Å²) in [5.74, 6) is -0.00639. The van der Waals surface area contributed by atoms with Crippen LogP contribution in [0.2, 0.25) is 0 Å². The molecule has 0 aliphatic carbocycles. The van der Waals surface area contributed by atoms with Crippen LogP contribution in [0.25, 0.3) is 0 Å². The molecule has 0 spiro atoms. The van der Waals surface area contributed by atoms with Crippen LogP contribution in [-0.4, -0.2) is 32.7 Å². The van der Waals surface area contributed by atoms with Gasteiger partial charge < -0.3 is 10.6 Å². The van der Waals surface area contributed by atoms with Gasteiger partial charge in [0, 0.05) is 19.1 Å². The fraction of sp³-hybridized carbons (Fsp3) is 0.667. The van der Waals surface area contributed by atoms with Crippen LogP contribution in [0, 0.1) is 6.92 Å². The summed E-state index contributed by atoms with van der Waals surface area (Å²) in [4.78, 5) is 14.4. The number of hydrogen-bond donors (Lipinski definition) is 1. The molecule has 1 aliphatic rings. The minimum absolute atomic E-state index is 0.00639. The normalized spacial score (nSPS) is 18.7. The SMILES string of the molecule is Cc1nn(C)c(C(=O)N2CCCC2(C)C)c1N. The Balaban J connectivity index is 2.38. The van der Waals surface area contributed by atoms with E-state index in [0.717, 1.165) is 19.4 Å². The van der Waals surface area contributed by atoms with E-state index in [2.05, 4.69) is 18.9 Å². The topological polar surface area (TPSA) is 64.2 Å². The summed E-state index contributed by atoms with van der Waals surface area (Å²) < 4.78 is 1.58. The number of carbonyl (C=O) groups is 1. The number of likely N-dealkylation sites (tertiary alicyclic amines) is 1. The molecule has 2 heterocycles. The van der Waals surface area contributed by atoms with Crippen molar-refractivity contribution in [2.45, 2.75) is 39.2 Å². The molecule has 0 aromatic carbocycles. The van der Waals surface area contributed by atoms with Gasteiger partial charge in [0.15, 0.2) is 0 Å². The van der Waals surface area contributed by atoms with Crippen LogP contribution in [-0.2, 0) is 7.05 Å². The Labute approximate surface area is 102 Å². The summed E-state index contributed by atoms with van der Waals surface area (Å²) in [6, 6.07) is 0. The van der Waals surface area contributed by atoms with Crippen LogP contribution in [0.15, 0.2) is 0 Å². The first-order chi connectivity index (χ1) is 7.84. The summed E-state index contributed by atoms with van der Waals surface area (Å²) in [7, 11) is 1.76. The van der Waals surface area contributed by atoms with Crippen molar-refractivity contribution in [1.29, 1.82) is 0 Å². The van der Waals surface area contributed by atoms with Gasteiger partial charge in [-0.2, -0.15) is 5.10 Å². The van der Waals surface area contributed by atoms with Gasteiger partial charge in [0.25, 0.3) is 5.91 Å². The van der Waals surface area contributed by atoms with E-state index in [1.54, 1.807) is 11.7 Å². The highest BCUT2D eigenvalue weighted by Gasteiger charge is 2.37. The predicted octanol–water partition coefficient (Wildman–Crippen LogP) is 1.33. The number of aromatic nitrogens is 2. The molecule has 0 unspecified atom stereocenters. The number of nitrogens with zero attached hydrogens (tertiary/aromatic N) is 3. The Kier molecular flexibility index (Phi) is 2.64. The van der Waals surface area contributed by atoms with Crippen molar-refractivity contribution < 1.29 is 4.79 Å². The van der Waals surface area contributed by atoms with Crippen molar-refractivity contribution >= 4 is 11.6 Å². The number of nitrogens with two attached hydrogens (primary N) is 1. The summed E-state index contributed by atoms with van der Waals surface area (Å²) in [6.45, 7) is 6.81. The molecule has 17 heavy (non-hydrogen) atoms. The molecule has 94 valence electrons. The van der Waals surface area contributed by atoms with Crippen molar-refractivity contribution in [1.82, 2.24) is 14.7 Å². The molecule has 1 fully saturated rings. The Morgan fingerprint density at radius 1 is 1.47 bits per heavy atom. The zero-order valence-corrected chi connectivity index (χ0v) is 10.9. The van der Waals surface area contributed by atoms with Gasteiger partial charge in [0.05, 0.1) is 11.4 Å². The van der Waals surface area contributed by atoms with Crippen LogP contribution in [0.4, 0.5) is 5.69 Å². The van der Waals surface area contributed by atoms with Crippen molar-refractivity contribution in [3.63, 3.8) is 0 Å². The molecule has 2 N–H and O–H groups in total. The van der Waals surface area contributed by atoms with Gasteiger partial charge >= 0.3 is 0 Å². The highest BCUT2D eigenvalue weighted by atomic mass is 16.2. The van der Waals surface area contributed by atoms with E-state index in [1.165, 1.54) is 0 Å². The molecule has 1 aromatic heterocycles. The first-order valence-electron chi connectivity index (χ1n) is 5.95. The Morgan fingerprint density at radius 2 is 2.12 bits per heavy atom. The molecule has 1 saturated heterocycles. The van der Waals surface area contributed by atoms with Gasteiger partial charge in [-0.15, -0.1) is 0 Å². The molecular formula is C12H20N4O. The molecule has 0 saturated carbocycles. The molecular weight excluding hydrogens is 216 g/mol. The summed E-state index contributed by atoms with van der Waals surface area (Å²) in [6.07, 6.45) is 2.09. The van der Waals surface area contributed by atoms with Crippen molar-refractivity contribution in [2.24, 2.45) is 7.05 Å². The standard InChI is InChI=1S/C12H20N4O/c1-8-9(13)10(15(4)14-8)11(17)16-7-5-6-12(16,2)3/h5-7,13H2,1-4H3. The number of hydrogen-bond acceptors (Lipinski definition) is 3. The van der Waals surface area contributed by atoms with E-state index < -0.39 is 0 Å². The van der Waals surface area contributed by atoms with Gasteiger partial charge in [0.1, 0.15) is 5.69 Å². The Hall–Kier alpha value is -1.52. The van der Waals surface area contributed by atoms with Crippen LogP contribution in [0.5, 0.6) is 0 Å². The minimum atomic E-state index is -0.0816. The molecule has 2 rings (SSSR count). The van der Waals surface area contributed by atoms with Gasteiger partial charge in [-0.05, 0) is 33.6 Å². The monoisotopic (exact) mass is 236 g/mol. The van der Waals surface area contributed by atoms with Crippen LogP contribution in [0.3, 0.4) is 0 Å². The second kappa shape index (κ2) is 3.75. The molecule has 1 aliphatic heterocycles. The fourth-order valence-corrected chi connectivity index (χ4v) is 2.54. The zero-order valence-electron chi connectivity index (χ0n) is 10.9. The van der Waals surface area contributed by atoms with Crippen LogP contribution in [0.1, 0.15) is 42.9 Å². The van der Waals surface area contributed by atoms with Crippen LogP contribution >= 0.6 is 0 Å². The average Bonchev–Trinajstić information content (AvgIpc) is 2.68. The molecule has 1 amide bonds. The molecule has 0 radical (unpaired) electrons. The molecule has 5 heteroatoms. The zero-order chi connectivity index (χ0) is 12.8. The quantitative estimate of drug-likeness (QED) is 0.800. The first-order valence-corrected chi connectivity index (χ1v) is 5.95. The molecule has 0 atom stereocenters. The summed E-state index contributed by atoms with van der Waals surface area (Å²) >= 11 is 0. The number of amides is 1. The number of rotatable bonds is 1. The highest BCUT2D eigenvalue weighted by molar-refractivity contribution is 5.98. The second-order valence-corrected chi connectivity index (χ2v) is 5.34. The van der Waals surface area contributed by atoms with Crippen LogP contribution < -0.4 is 5.73 Å². The molecule has 0 bridgehead atoms. The highest BCUT2D eigenvalue weighted by Crippen LogP contribution is 2.31. The van der Waals surface area contributed by atoms with Crippen molar-refractivity contribution in [3.8, 4) is 0 Å². The Morgan fingerprint density at radius 3 is 2.53 bits per heavy atom. The van der Waals surface area contributed by atoms with E-state index in [-0.39, 0.29) is 11.4 Å². The molecule has 5 nitrogen and oxygen atoms in total. The van der Waals surface area contributed by atoms with Gasteiger partial charge in [0.2, 0.25) is 0 Å². The lowest BCUT2D eigenvalue weighted by molar-refractivity contribution is 0.0642. The third-order valence-corrected chi connectivity index (χ3v) is 3.62. The Bertz CT molecular complexity index is 461. The third kappa shape index (κ3) is 1.79. The molecule has 1 aromatic rings. The van der Waals surface area contributed by atoms with E-state index in [4.69, 9.17) is 5.73 Å².